The van der Waals surface area contributed by atoms with Crippen molar-refractivity contribution >= 4 is 0 Å². The number of nitriles is 2. The fraction of sp³-hybridized carbons (Fsp3) is 0.867. The number of ether oxygens (including phenoxy) is 3. The SMILES string of the molecule is CC(C#N)CCCC#N.OCCOCCOCCOCCO. The molecule has 0 aliphatic heterocycles. The lowest BCUT2D eigenvalue weighted by molar-refractivity contribution is 0.00230. The van der Waals surface area contributed by atoms with Crippen molar-refractivity contribution in [1.29, 1.82) is 10.5 Å². The van der Waals surface area contributed by atoms with Gasteiger partial charge in [-0.1, -0.05) is 0 Å². The fourth-order valence-electron chi connectivity index (χ4n) is 1.22. The molecule has 0 aliphatic rings. The van der Waals surface area contributed by atoms with E-state index in [0.717, 1.165) is 12.8 Å². The van der Waals surface area contributed by atoms with E-state index in [1.807, 2.05) is 13.0 Å². The molecule has 0 spiro atoms. The molecule has 0 saturated carbocycles. The van der Waals surface area contributed by atoms with Crippen LogP contribution in [0.1, 0.15) is 26.2 Å². The minimum absolute atomic E-state index is 0.0413. The van der Waals surface area contributed by atoms with Gasteiger partial charge >= 0.3 is 0 Å². The highest BCUT2D eigenvalue weighted by Crippen LogP contribution is 2.04. The van der Waals surface area contributed by atoms with Gasteiger partial charge in [0.05, 0.1) is 65.0 Å². The minimum atomic E-state index is 0.0413. The molecule has 128 valence electrons. The molecule has 0 saturated heterocycles. The lowest BCUT2D eigenvalue weighted by atomic mass is 10.1. The maximum atomic E-state index is 8.36. The quantitative estimate of drug-likeness (QED) is 0.484. The number of aliphatic hydroxyl groups is 2. The van der Waals surface area contributed by atoms with Crippen LogP contribution in [0.5, 0.6) is 0 Å². The lowest BCUT2D eigenvalue weighted by Gasteiger charge is -2.04. The van der Waals surface area contributed by atoms with Crippen molar-refractivity contribution in [3.05, 3.63) is 0 Å². The van der Waals surface area contributed by atoms with E-state index < -0.39 is 0 Å². The van der Waals surface area contributed by atoms with Crippen LogP contribution in [0.3, 0.4) is 0 Å². The molecule has 2 N–H and O–H groups in total. The van der Waals surface area contributed by atoms with Crippen molar-refractivity contribution < 1.29 is 24.4 Å². The molecule has 0 aromatic carbocycles. The average Bonchev–Trinajstić information content (AvgIpc) is 2.54. The lowest BCUT2D eigenvalue weighted by Crippen LogP contribution is -2.11. The molecule has 7 heteroatoms. The van der Waals surface area contributed by atoms with E-state index in [2.05, 4.69) is 6.07 Å². The van der Waals surface area contributed by atoms with E-state index in [0.29, 0.717) is 46.1 Å². The molecule has 0 bridgehead atoms. The standard InChI is InChI=1S/C8H18O5.C7H10N2/c9-1-3-11-5-7-13-8-6-12-4-2-10;1-7(6-9)4-2-3-5-8/h9-10H,1-8H2;7H,2-4H2,1H3. The molecule has 0 aliphatic carbocycles. The summed E-state index contributed by atoms with van der Waals surface area (Å²) in [7, 11) is 0. The van der Waals surface area contributed by atoms with Gasteiger partial charge in [-0.05, 0) is 19.8 Å². The Morgan fingerprint density at radius 3 is 1.68 bits per heavy atom. The Labute approximate surface area is 133 Å². The Balaban J connectivity index is 0. The highest BCUT2D eigenvalue weighted by atomic mass is 16.5. The number of hydrogen-bond donors (Lipinski definition) is 2. The minimum Gasteiger partial charge on any atom is -0.394 e. The fourth-order valence-corrected chi connectivity index (χ4v) is 1.22. The molecular weight excluding hydrogens is 288 g/mol. The molecule has 0 aromatic heterocycles. The first-order valence-electron chi connectivity index (χ1n) is 7.44. The zero-order chi connectivity index (χ0) is 16.9. The average molecular weight is 316 g/mol. The number of aliphatic hydroxyl groups excluding tert-OH is 2. The highest BCUT2D eigenvalue weighted by molar-refractivity contribution is 4.79. The molecule has 1 atom stereocenters. The van der Waals surface area contributed by atoms with Crippen LogP contribution in [0.15, 0.2) is 0 Å². The van der Waals surface area contributed by atoms with Crippen molar-refractivity contribution in [3.8, 4) is 12.1 Å². The third-order valence-electron chi connectivity index (χ3n) is 2.36. The molecule has 0 fully saturated rings. The zero-order valence-corrected chi connectivity index (χ0v) is 13.4. The van der Waals surface area contributed by atoms with E-state index in [1.54, 1.807) is 0 Å². The number of unbranched alkanes of at least 4 members (excludes halogenated alkanes) is 1. The smallest absolute Gasteiger partial charge is 0.0701 e. The predicted octanol–water partition coefficient (Wildman–Crippen LogP) is 0.861. The summed E-state index contributed by atoms with van der Waals surface area (Å²) >= 11 is 0. The monoisotopic (exact) mass is 316 g/mol. The molecular formula is C15H28N2O5. The summed E-state index contributed by atoms with van der Waals surface area (Å²) in [4.78, 5) is 0. The Hall–Kier alpha value is -1.22. The third kappa shape index (κ3) is 23.8. The van der Waals surface area contributed by atoms with E-state index in [-0.39, 0.29) is 19.1 Å². The Morgan fingerprint density at radius 1 is 0.864 bits per heavy atom. The normalized spacial score (nSPS) is 11.0. The predicted molar refractivity (Wildman–Crippen MR) is 80.9 cm³/mol. The molecule has 22 heavy (non-hydrogen) atoms. The first kappa shape index (κ1) is 23.1. The summed E-state index contributed by atoms with van der Waals surface area (Å²) in [5.41, 5.74) is 0. The summed E-state index contributed by atoms with van der Waals surface area (Å²) in [6.07, 6.45) is 2.28. The van der Waals surface area contributed by atoms with Gasteiger partial charge in [0.2, 0.25) is 0 Å². The van der Waals surface area contributed by atoms with Gasteiger partial charge in [0, 0.05) is 12.3 Å². The summed E-state index contributed by atoms with van der Waals surface area (Å²) in [5.74, 6) is 0.110. The van der Waals surface area contributed by atoms with Crippen molar-refractivity contribution in [2.24, 2.45) is 5.92 Å². The first-order chi connectivity index (χ1) is 10.7. The molecule has 0 heterocycles. The van der Waals surface area contributed by atoms with E-state index in [4.69, 9.17) is 34.9 Å². The van der Waals surface area contributed by atoms with E-state index >= 15 is 0 Å². The first-order valence-corrected chi connectivity index (χ1v) is 7.44. The Bertz CT molecular complexity index is 279. The maximum absolute atomic E-state index is 8.36. The topological polar surface area (TPSA) is 116 Å². The summed E-state index contributed by atoms with van der Waals surface area (Å²) in [5, 5.41) is 33.1. The second kappa shape index (κ2) is 22.1. The zero-order valence-electron chi connectivity index (χ0n) is 13.4. The molecule has 0 rings (SSSR count). The van der Waals surface area contributed by atoms with Crippen LogP contribution in [0.2, 0.25) is 0 Å². The van der Waals surface area contributed by atoms with Crippen LogP contribution in [0.4, 0.5) is 0 Å². The summed E-state index contributed by atoms with van der Waals surface area (Å²) < 4.78 is 15.0. The largest absolute Gasteiger partial charge is 0.394 e. The summed E-state index contributed by atoms with van der Waals surface area (Å²) in [6, 6.07) is 4.15. The molecule has 1 unspecified atom stereocenters. The van der Waals surface area contributed by atoms with Crippen molar-refractivity contribution in [2.45, 2.75) is 26.2 Å². The van der Waals surface area contributed by atoms with E-state index in [9.17, 15) is 0 Å². The number of nitrogens with zero attached hydrogens (tertiary/aromatic N) is 2. The van der Waals surface area contributed by atoms with Crippen LogP contribution >= 0.6 is 0 Å². The van der Waals surface area contributed by atoms with Gasteiger partial charge in [0.25, 0.3) is 0 Å². The van der Waals surface area contributed by atoms with Crippen LogP contribution in [0, 0.1) is 28.6 Å². The van der Waals surface area contributed by atoms with Crippen molar-refractivity contribution in [1.82, 2.24) is 0 Å². The highest BCUT2D eigenvalue weighted by Gasteiger charge is 1.96. The van der Waals surface area contributed by atoms with Gasteiger partial charge in [0.15, 0.2) is 0 Å². The number of rotatable bonds is 13. The van der Waals surface area contributed by atoms with Gasteiger partial charge in [-0.15, -0.1) is 0 Å². The van der Waals surface area contributed by atoms with Crippen LogP contribution in [-0.4, -0.2) is 63.1 Å². The Kier molecular flexibility index (Phi) is 23.1. The van der Waals surface area contributed by atoms with Gasteiger partial charge in [-0.25, -0.2) is 0 Å². The van der Waals surface area contributed by atoms with Crippen LogP contribution < -0.4 is 0 Å². The molecule has 0 radical (unpaired) electrons. The van der Waals surface area contributed by atoms with Gasteiger partial charge in [0.1, 0.15) is 0 Å². The van der Waals surface area contributed by atoms with Crippen LogP contribution in [-0.2, 0) is 14.2 Å². The Morgan fingerprint density at radius 2 is 1.32 bits per heavy atom. The molecule has 0 aromatic rings. The van der Waals surface area contributed by atoms with Gasteiger partial charge in [-0.2, -0.15) is 10.5 Å². The maximum Gasteiger partial charge on any atom is 0.0701 e. The van der Waals surface area contributed by atoms with Crippen molar-refractivity contribution in [3.63, 3.8) is 0 Å². The van der Waals surface area contributed by atoms with Gasteiger partial charge in [-0.3, -0.25) is 0 Å². The third-order valence-corrected chi connectivity index (χ3v) is 2.36. The molecule has 7 nitrogen and oxygen atoms in total. The number of hydrogen-bond acceptors (Lipinski definition) is 7. The van der Waals surface area contributed by atoms with E-state index in [1.165, 1.54) is 0 Å². The van der Waals surface area contributed by atoms with Crippen LogP contribution in [0.25, 0.3) is 0 Å². The molecule has 0 amide bonds. The second-order valence-electron chi connectivity index (χ2n) is 4.36. The van der Waals surface area contributed by atoms with Gasteiger partial charge < -0.3 is 24.4 Å². The van der Waals surface area contributed by atoms with Crippen molar-refractivity contribution in [2.75, 3.05) is 52.9 Å². The second-order valence-corrected chi connectivity index (χ2v) is 4.36. The summed E-state index contributed by atoms with van der Waals surface area (Å²) in [6.45, 7) is 4.64.